The molecular formula is C18H25NO2S. The number of hydrogen-bond donors (Lipinski definition) is 0. The summed E-state index contributed by atoms with van der Waals surface area (Å²) < 4.78 is 5.62. The van der Waals surface area contributed by atoms with Crippen molar-refractivity contribution >= 4 is 23.0 Å². The maximum Gasteiger partial charge on any atom is 0.411 e. The van der Waals surface area contributed by atoms with Gasteiger partial charge in [0.1, 0.15) is 5.60 Å². The van der Waals surface area contributed by atoms with E-state index >= 15 is 0 Å². The highest BCUT2D eigenvalue weighted by molar-refractivity contribution is 7.13. The van der Waals surface area contributed by atoms with Crippen molar-refractivity contribution in [2.24, 2.45) is 0 Å². The Balaban J connectivity index is 1.84. The van der Waals surface area contributed by atoms with Crippen LogP contribution in [0.5, 0.6) is 0 Å². The first-order chi connectivity index (χ1) is 10.3. The Hall–Kier alpha value is -1.29. The molecule has 3 rings (SSSR count). The molecule has 120 valence electrons. The summed E-state index contributed by atoms with van der Waals surface area (Å²) in [4.78, 5) is 17.2. The molecule has 1 aromatic rings. The third-order valence-corrected chi connectivity index (χ3v) is 5.37. The van der Waals surface area contributed by atoms with Gasteiger partial charge in [0.2, 0.25) is 0 Å². The number of aryl methyl sites for hydroxylation is 1. The van der Waals surface area contributed by atoms with Crippen LogP contribution in [0.3, 0.4) is 0 Å². The van der Waals surface area contributed by atoms with Crippen LogP contribution >= 0.6 is 11.3 Å². The molecule has 0 N–H and O–H groups in total. The molecule has 3 nitrogen and oxygen atoms in total. The maximum atomic E-state index is 12.6. The van der Waals surface area contributed by atoms with Crippen molar-refractivity contribution in [3.8, 4) is 0 Å². The van der Waals surface area contributed by atoms with Gasteiger partial charge >= 0.3 is 6.09 Å². The van der Waals surface area contributed by atoms with E-state index in [4.69, 9.17) is 4.74 Å². The number of ether oxygens (including phenoxy) is 1. The number of nitrogens with zero attached hydrogens (tertiary/aromatic N) is 1. The Kier molecular flexibility index (Phi) is 4.06. The number of carbonyl (C=O) groups excluding carboxylic acids is 1. The number of rotatable bonds is 1. The molecule has 22 heavy (non-hydrogen) atoms. The van der Waals surface area contributed by atoms with Crippen LogP contribution in [0.1, 0.15) is 56.2 Å². The quantitative estimate of drug-likeness (QED) is 0.729. The summed E-state index contributed by atoms with van der Waals surface area (Å²) in [6, 6.07) is 4.87. The molecule has 2 aliphatic heterocycles. The Morgan fingerprint density at radius 1 is 1.32 bits per heavy atom. The molecule has 2 atom stereocenters. The van der Waals surface area contributed by atoms with E-state index in [2.05, 4.69) is 25.1 Å². The van der Waals surface area contributed by atoms with Gasteiger partial charge in [0.25, 0.3) is 0 Å². The van der Waals surface area contributed by atoms with E-state index in [1.807, 2.05) is 37.0 Å². The summed E-state index contributed by atoms with van der Waals surface area (Å²) in [6.45, 7) is 7.94. The first kappa shape index (κ1) is 15.6. The van der Waals surface area contributed by atoms with Crippen LogP contribution in [0.4, 0.5) is 4.79 Å². The second-order valence-electron chi connectivity index (χ2n) is 7.35. The summed E-state index contributed by atoms with van der Waals surface area (Å²) in [5, 5.41) is 0. The lowest BCUT2D eigenvalue weighted by Crippen LogP contribution is -2.52. The molecule has 0 aromatic carbocycles. The number of amides is 1. The summed E-state index contributed by atoms with van der Waals surface area (Å²) in [5.41, 5.74) is 0.980. The number of hydrogen-bond acceptors (Lipinski definition) is 3. The van der Waals surface area contributed by atoms with Gasteiger partial charge in [-0.2, -0.15) is 0 Å². The zero-order valence-electron chi connectivity index (χ0n) is 13.9. The lowest BCUT2D eigenvalue weighted by molar-refractivity contribution is 0.000103. The van der Waals surface area contributed by atoms with Gasteiger partial charge in [-0.05, 0) is 71.1 Å². The molecule has 0 aliphatic carbocycles. The minimum atomic E-state index is -0.430. The summed E-state index contributed by atoms with van der Waals surface area (Å²) in [7, 11) is 0. The topological polar surface area (TPSA) is 29.5 Å². The molecule has 4 heteroatoms. The van der Waals surface area contributed by atoms with E-state index in [1.54, 1.807) is 0 Å². The van der Waals surface area contributed by atoms with Crippen molar-refractivity contribution in [2.45, 2.75) is 71.1 Å². The van der Waals surface area contributed by atoms with Crippen LogP contribution in [0, 0.1) is 6.92 Å². The predicted octanol–water partition coefficient (Wildman–Crippen LogP) is 5.00. The third-order valence-electron chi connectivity index (χ3n) is 4.30. The van der Waals surface area contributed by atoms with E-state index in [1.165, 1.54) is 21.7 Å². The van der Waals surface area contributed by atoms with Crippen molar-refractivity contribution in [1.29, 1.82) is 0 Å². The Morgan fingerprint density at radius 2 is 2.09 bits per heavy atom. The fraction of sp³-hybridized carbons (Fsp3) is 0.611. The second kappa shape index (κ2) is 5.73. The van der Waals surface area contributed by atoms with E-state index in [0.29, 0.717) is 0 Å². The van der Waals surface area contributed by atoms with Crippen molar-refractivity contribution in [3.05, 3.63) is 28.0 Å². The predicted molar refractivity (Wildman–Crippen MR) is 91.2 cm³/mol. The number of thiophene rings is 1. The molecule has 0 spiro atoms. The SMILES string of the molecule is Cc1ccc(C2=CC3CCCC(C2)N3C(=O)OC(C)(C)C)s1. The Labute approximate surface area is 137 Å². The molecule has 2 unspecified atom stereocenters. The number of piperidine rings is 1. The number of fused-ring (bicyclic) bond motifs is 2. The molecule has 1 aromatic heterocycles. The lowest BCUT2D eigenvalue weighted by atomic mass is 9.85. The molecule has 2 bridgehead atoms. The van der Waals surface area contributed by atoms with Crippen LogP contribution in [0.2, 0.25) is 0 Å². The standard InChI is InChI=1S/C18H25NO2S/c1-12-8-9-16(22-12)13-10-14-6-5-7-15(11-13)19(14)17(20)21-18(2,3)4/h8-10,14-15H,5-7,11H2,1-4H3. The van der Waals surface area contributed by atoms with Gasteiger partial charge in [0.05, 0.1) is 6.04 Å². The first-order valence-electron chi connectivity index (χ1n) is 8.12. The first-order valence-corrected chi connectivity index (χ1v) is 8.94. The Bertz CT molecular complexity index is 596. The molecule has 2 aliphatic rings. The normalized spacial score (nSPS) is 24.9. The fourth-order valence-electron chi connectivity index (χ4n) is 3.42. The minimum absolute atomic E-state index is 0.153. The van der Waals surface area contributed by atoms with Crippen LogP contribution in [0.15, 0.2) is 18.2 Å². The van der Waals surface area contributed by atoms with E-state index in [-0.39, 0.29) is 18.2 Å². The molecule has 3 heterocycles. The van der Waals surface area contributed by atoms with Crippen molar-refractivity contribution in [3.63, 3.8) is 0 Å². The van der Waals surface area contributed by atoms with E-state index < -0.39 is 5.60 Å². The third kappa shape index (κ3) is 3.22. The molecular weight excluding hydrogens is 294 g/mol. The zero-order valence-corrected chi connectivity index (χ0v) is 14.7. The van der Waals surface area contributed by atoms with Crippen LogP contribution < -0.4 is 0 Å². The van der Waals surface area contributed by atoms with Crippen molar-refractivity contribution < 1.29 is 9.53 Å². The molecule has 1 saturated heterocycles. The van der Waals surface area contributed by atoms with Gasteiger partial charge in [-0.25, -0.2) is 4.79 Å². The van der Waals surface area contributed by atoms with Crippen molar-refractivity contribution in [1.82, 2.24) is 4.90 Å². The summed E-state index contributed by atoms with van der Waals surface area (Å²) in [6.07, 6.45) is 6.42. The molecule has 0 radical (unpaired) electrons. The summed E-state index contributed by atoms with van der Waals surface area (Å²) in [5.74, 6) is 0. The fourth-order valence-corrected chi connectivity index (χ4v) is 4.32. The largest absolute Gasteiger partial charge is 0.444 e. The second-order valence-corrected chi connectivity index (χ2v) is 8.63. The zero-order chi connectivity index (χ0) is 15.9. The average molecular weight is 319 g/mol. The monoisotopic (exact) mass is 319 g/mol. The molecule has 1 fully saturated rings. The maximum absolute atomic E-state index is 12.6. The molecule has 1 amide bonds. The van der Waals surface area contributed by atoms with Gasteiger partial charge in [0.15, 0.2) is 0 Å². The highest BCUT2D eigenvalue weighted by atomic mass is 32.1. The van der Waals surface area contributed by atoms with Gasteiger partial charge in [-0.3, -0.25) is 4.90 Å². The van der Waals surface area contributed by atoms with Crippen LogP contribution in [-0.2, 0) is 4.74 Å². The summed E-state index contributed by atoms with van der Waals surface area (Å²) >= 11 is 1.85. The van der Waals surface area contributed by atoms with Crippen LogP contribution in [-0.4, -0.2) is 28.7 Å². The van der Waals surface area contributed by atoms with E-state index in [9.17, 15) is 4.79 Å². The highest BCUT2D eigenvalue weighted by Crippen LogP contribution is 2.39. The van der Waals surface area contributed by atoms with Crippen LogP contribution in [0.25, 0.3) is 5.57 Å². The van der Waals surface area contributed by atoms with Gasteiger partial charge in [-0.1, -0.05) is 6.08 Å². The molecule has 0 saturated carbocycles. The number of carbonyl (C=O) groups is 1. The minimum Gasteiger partial charge on any atom is -0.444 e. The highest BCUT2D eigenvalue weighted by Gasteiger charge is 2.39. The van der Waals surface area contributed by atoms with Crippen molar-refractivity contribution in [2.75, 3.05) is 0 Å². The average Bonchev–Trinajstić information content (AvgIpc) is 2.81. The lowest BCUT2D eigenvalue weighted by Gasteiger charge is -2.45. The van der Waals surface area contributed by atoms with Gasteiger partial charge < -0.3 is 4.74 Å². The smallest absolute Gasteiger partial charge is 0.411 e. The van der Waals surface area contributed by atoms with Gasteiger partial charge in [0, 0.05) is 15.8 Å². The van der Waals surface area contributed by atoms with E-state index in [0.717, 1.165) is 19.3 Å². The Morgan fingerprint density at radius 3 is 2.68 bits per heavy atom. The van der Waals surface area contributed by atoms with Gasteiger partial charge in [-0.15, -0.1) is 11.3 Å².